The van der Waals surface area contributed by atoms with Crippen LogP contribution in [0.15, 0.2) is 29.6 Å². The smallest absolute Gasteiger partial charge is 0.274 e. The van der Waals surface area contributed by atoms with Crippen LogP contribution in [0.2, 0.25) is 0 Å². The number of primary amides is 1. The predicted molar refractivity (Wildman–Crippen MR) is 85.0 cm³/mol. The number of amides is 2. The third kappa shape index (κ3) is 3.31. The minimum atomic E-state index is -0.558. The number of hydrogen-bond acceptors (Lipinski definition) is 5. The van der Waals surface area contributed by atoms with Gasteiger partial charge in [0.25, 0.3) is 5.91 Å². The zero-order valence-corrected chi connectivity index (χ0v) is 13.0. The van der Waals surface area contributed by atoms with Crippen LogP contribution in [0.25, 0.3) is 0 Å². The predicted octanol–water partition coefficient (Wildman–Crippen LogP) is 2.12. The number of benzene rings is 1. The number of carbonyl (C=O) groups is 2. The van der Waals surface area contributed by atoms with E-state index in [1.165, 1.54) is 28.4 Å². The third-order valence-corrected chi connectivity index (χ3v) is 4.42. The summed E-state index contributed by atoms with van der Waals surface area (Å²) in [6.45, 7) is 0.505. The molecular formula is C15H15FN4O2S. The number of rotatable bonds is 4. The van der Waals surface area contributed by atoms with Crippen LogP contribution in [-0.4, -0.2) is 34.3 Å². The number of thiazole rings is 1. The number of nitrogens with two attached hydrogens (primary N) is 1. The Balaban J connectivity index is 1.72. The lowest BCUT2D eigenvalue weighted by Crippen LogP contribution is -2.43. The number of aromatic nitrogens is 1. The summed E-state index contributed by atoms with van der Waals surface area (Å²) in [6.07, 6.45) is 1.34. The van der Waals surface area contributed by atoms with Gasteiger partial charge in [-0.25, -0.2) is 9.37 Å². The molecule has 23 heavy (non-hydrogen) atoms. The van der Waals surface area contributed by atoms with Crippen LogP contribution < -0.4 is 11.1 Å². The molecule has 1 aliphatic rings. The topological polar surface area (TPSA) is 88.3 Å². The van der Waals surface area contributed by atoms with Crippen LogP contribution in [-0.2, 0) is 4.79 Å². The summed E-state index contributed by atoms with van der Waals surface area (Å²) < 4.78 is 12.9. The highest BCUT2D eigenvalue weighted by Gasteiger charge is 2.34. The fourth-order valence-corrected chi connectivity index (χ4v) is 3.24. The number of anilines is 2. The Kier molecular flexibility index (Phi) is 4.24. The molecule has 0 radical (unpaired) electrons. The average molecular weight is 334 g/mol. The van der Waals surface area contributed by atoms with E-state index in [4.69, 9.17) is 5.73 Å². The van der Waals surface area contributed by atoms with Gasteiger partial charge in [0.1, 0.15) is 17.6 Å². The van der Waals surface area contributed by atoms with Crippen molar-refractivity contribution >= 4 is 34.0 Å². The minimum absolute atomic E-state index is 0.271. The average Bonchev–Trinajstić information content (AvgIpc) is 3.18. The molecule has 0 bridgehead atoms. The zero-order valence-electron chi connectivity index (χ0n) is 12.2. The molecule has 1 aromatic carbocycles. The lowest BCUT2D eigenvalue weighted by atomic mass is 10.2. The fourth-order valence-electron chi connectivity index (χ4n) is 2.54. The highest BCUT2D eigenvalue weighted by Crippen LogP contribution is 2.24. The lowest BCUT2D eigenvalue weighted by Gasteiger charge is -2.20. The summed E-state index contributed by atoms with van der Waals surface area (Å²) in [4.78, 5) is 29.6. The number of carbonyl (C=O) groups excluding carboxylic acids is 2. The van der Waals surface area contributed by atoms with Crippen molar-refractivity contribution in [1.29, 1.82) is 0 Å². The Morgan fingerprint density at radius 3 is 2.78 bits per heavy atom. The van der Waals surface area contributed by atoms with Gasteiger partial charge in [0.15, 0.2) is 5.13 Å². The van der Waals surface area contributed by atoms with Crippen LogP contribution >= 0.6 is 11.3 Å². The standard InChI is InChI=1S/C15H15FN4O2S/c16-9-3-5-10(6-4-9)18-15-19-11(8-23-15)14(22)20-7-1-2-12(20)13(17)21/h3-6,8,12H,1-2,7H2,(H2,17,21)(H,18,19)/t12-/m1/s1. The maximum absolute atomic E-state index is 12.9. The first kappa shape index (κ1) is 15.4. The van der Waals surface area contributed by atoms with Gasteiger partial charge in [0.05, 0.1) is 0 Å². The summed E-state index contributed by atoms with van der Waals surface area (Å²) in [5.74, 6) is -1.11. The maximum Gasteiger partial charge on any atom is 0.274 e. The summed E-state index contributed by atoms with van der Waals surface area (Å²) >= 11 is 1.27. The zero-order chi connectivity index (χ0) is 16.4. The molecule has 1 aliphatic heterocycles. The first-order chi connectivity index (χ1) is 11.0. The highest BCUT2D eigenvalue weighted by atomic mass is 32.1. The van der Waals surface area contributed by atoms with E-state index in [0.29, 0.717) is 23.8 Å². The summed E-state index contributed by atoms with van der Waals surface area (Å²) in [5.41, 5.74) is 6.28. The Hall–Kier alpha value is -2.48. The van der Waals surface area contributed by atoms with Gasteiger partial charge in [-0.05, 0) is 37.1 Å². The molecule has 2 aromatic rings. The first-order valence-corrected chi connectivity index (χ1v) is 8.01. The van der Waals surface area contributed by atoms with Crippen LogP contribution in [0.1, 0.15) is 23.3 Å². The molecular weight excluding hydrogens is 319 g/mol. The second-order valence-electron chi connectivity index (χ2n) is 5.23. The summed E-state index contributed by atoms with van der Waals surface area (Å²) in [6, 6.07) is 5.29. The van der Waals surface area contributed by atoms with E-state index in [1.54, 1.807) is 17.5 Å². The fraction of sp³-hybridized carbons (Fsp3) is 0.267. The second kappa shape index (κ2) is 6.33. The van der Waals surface area contributed by atoms with Crippen molar-refractivity contribution in [3.63, 3.8) is 0 Å². The quantitative estimate of drug-likeness (QED) is 0.896. The Labute approximate surface area is 136 Å². The van der Waals surface area contributed by atoms with Crippen molar-refractivity contribution in [2.75, 3.05) is 11.9 Å². The second-order valence-corrected chi connectivity index (χ2v) is 6.09. The molecule has 1 aromatic heterocycles. The van der Waals surface area contributed by atoms with Crippen molar-refractivity contribution in [2.45, 2.75) is 18.9 Å². The SMILES string of the molecule is NC(=O)[C@H]1CCCN1C(=O)c1csc(Nc2ccc(F)cc2)n1. The molecule has 2 amide bonds. The molecule has 2 heterocycles. The molecule has 0 unspecified atom stereocenters. The summed E-state index contributed by atoms with van der Waals surface area (Å²) in [5, 5.41) is 5.16. The lowest BCUT2D eigenvalue weighted by molar-refractivity contribution is -0.121. The monoisotopic (exact) mass is 334 g/mol. The van der Waals surface area contributed by atoms with Gasteiger partial charge in [-0.1, -0.05) is 0 Å². The number of nitrogens with one attached hydrogen (secondary N) is 1. The highest BCUT2D eigenvalue weighted by molar-refractivity contribution is 7.14. The summed E-state index contributed by atoms with van der Waals surface area (Å²) in [7, 11) is 0. The van der Waals surface area contributed by atoms with E-state index in [-0.39, 0.29) is 17.4 Å². The van der Waals surface area contributed by atoms with E-state index in [9.17, 15) is 14.0 Å². The van der Waals surface area contributed by atoms with E-state index >= 15 is 0 Å². The maximum atomic E-state index is 12.9. The van der Waals surface area contributed by atoms with Gasteiger partial charge >= 0.3 is 0 Å². The molecule has 0 spiro atoms. The third-order valence-electron chi connectivity index (χ3n) is 3.66. The molecule has 6 nitrogen and oxygen atoms in total. The van der Waals surface area contributed by atoms with E-state index in [0.717, 1.165) is 6.42 Å². The molecule has 3 N–H and O–H groups in total. The van der Waals surface area contributed by atoms with Gasteiger partial charge in [0.2, 0.25) is 5.91 Å². The molecule has 120 valence electrons. The van der Waals surface area contributed by atoms with E-state index < -0.39 is 11.9 Å². The largest absolute Gasteiger partial charge is 0.368 e. The number of hydrogen-bond donors (Lipinski definition) is 2. The molecule has 0 aliphatic carbocycles. The van der Waals surface area contributed by atoms with E-state index in [1.807, 2.05) is 0 Å². The van der Waals surface area contributed by atoms with Crippen molar-refractivity contribution in [1.82, 2.24) is 9.88 Å². The van der Waals surface area contributed by atoms with Gasteiger partial charge in [-0.3, -0.25) is 9.59 Å². The molecule has 1 atom stereocenters. The number of halogens is 1. The van der Waals surface area contributed by atoms with Gasteiger partial charge in [-0.15, -0.1) is 11.3 Å². The van der Waals surface area contributed by atoms with Crippen LogP contribution in [0, 0.1) is 5.82 Å². The number of nitrogens with zero attached hydrogens (tertiary/aromatic N) is 2. The van der Waals surface area contributed by atoms with Gasteiger partial charge in [-0.2, -0.15) is 0 Å². The van der Waals surface area contributed by atoms with Crippen LogP contribution in [0.4, 0.5) is 15.2 Å². The Morgan fingerprint density at radius 2 is 2.09 bits per heavy atom. The molecule has 1 fully saturated rings. The normalized spacial score (nSPS) is 17.3. The number of likely N-dealkylation sites (tertiary alicyclic amines) is 1. The van der Waals surface area contributed by atoms with E-state index in [2.05, 4.69) is 10.3 Å². The Bertz CT molecular complexity index is 731. The van der Waals surface area contributed by atoms with Crippen molar-refractivity contribution in [2.24, 2.45) is 5.73 Å². The molecule has 3 rings (SSSR count). The van der Waals surface area contributed by atoms with Crippen LogP contribution in [0.3, 0.4) is 0 Å². The molecule has 0 saturated carbocycles. The first-order valence-electron chi connectivity index (χ1n) is 7.13. The van der Waals surface area contributed by atoms with Crippen molar-refractivity contribution in [3.8, 4) is 0 Å². The van der Waals surface area contributed by atoms with Gasteiger partial charge in [0, 0.05) is 17.6 Å². The minimum Gasteiger partial charge on any atom is -0.368 e. The van der Waals surface area contributed by atoms with Gasteiger partial charge < -0.3 is 16.0 Å². The van der Waals surface area contributed by atoms with Crippen molar-refractivity contribution in [3.05, 3.63) is 41.2 Å². The van der Waals surface area contributed by atoms with Crippen LogP contribution in [0.5, 0.6) is 0 Å². The van der Waals surface area contributed by atoms with Crippen molar-refractivity contribution < 1.29 is 14.0 Å². The Morgan fingerprint density at radius 1 is 1.35 bits per heavy atom. The molecule has 8 heteroatoms. The molecule has 1 saturated heterocycles.